The summed E-state index contributed by atoms with van der Waals surface area (Å²) in [6.07, 6.45) is 8.06. The van der Waals surface area contributed by atoms with Crippen LogP contribution in [0.25, 0.3) is 44.8 Å². The van der Waals surface area contributed by atoms with E-state index in [1.54, 1.807) is 0 Å². The first-order valence-corrected chi connectivity index (χ1v) is 28.1. The molecule has 12 aromatic rings. The number of para-hydroxylation sites is 2. The molecule has 0 N–H and O–H groups in total. The number of rotatable bonds is 10. The second-order valence-corrected chi connectivity index (χ2v) is 21.7. The van der Waals surface area contributed by atoms with Crippen LogP contribution in [0.1, 0.15) is 72.8 Å². The molecule has 1 unspecified atom stereocenters. The van der Waals surface area contributed by atoms with Gasteiger partial charge in [0.05, 0.1) is 22.6 Å². The van der Waals surface area contributed by atoms with E-state index in [4.69, 9.17) is 0 Å². The molecule has 0 aliphatic heterocycles. The van der Waals surface area contributed by atoms with Crippen molar-refractivity contribution in [2.24, 2.45) is 0 Å². The maximum absolute atomic E-state index is 2.54. The summed E-state index contributed by atoms with van der Waals surface area (Å²) in [6.45, 7) is 0. The maximum Gasteiger partial charge on any atom is 0.0785 e. The van der Waals surface area contributed by atoms with Crippen molar-refractivity contribution in [1.82, 2.24) is 0 Å². The number of allylic oxidation sites excluding steroid dienone is 1. The Morgan fingerprint density at radius 1 is 0.312 bits per heavy atom. The first-order valence-electron chi connectivity index (χ1n) is 28.1. The lowest BCUT2D eigenvalue weighted by Crippen LogP contribution is -2.29. The zero-order valence-corrected chi connectivity index (χ0v) is 44.1. The molecule has 2 nitrogen and oxygen atoms in total. The number of anilines is 4. The molecule has 0 radical (unpaired) electrons. The third-order valence-corrected chi connectivity index (χ3v) is 17.9. The lowest BCUT2D eigenvalue weighted by molar-refractivity contribution is 0.767. The lowest BCUT2D eigenvalue weighted by atomic mass is 9.67. The number of hydrogen-bond donors (Lipinski definition) is 0. The molecule has 0 spiro atoms. The van der Waals surface area contributed by atoms with Gasteiger partial charge in [-0.2, -0.15) is 0 Å². The molecule has 0 amide bonds. The number of benzene rings is 12. The Balaban J connectivity index is 0.816. The van der Waals surface area contributed by atoms with Gasteiger partial charge in [0.2, 0.25) is 0 Å². The molecule has 0 aromatic heterocycles. The number of fused-ring (bicyclic) bond motifs is 6. The highest BCUT2D eigenvalue weighted by molar-refractivity contribution is 6.08. The summed E-state index contributed by atoms with van der Waals surface area (Å²) < 4.78 is 0. The van der Waals surface area contributed by atoms with Crippen LogP contribution in [0, 0.1) is 0 Å². The third kappa shape index (κ3) is 6.66. The van der Waals surface area contributed by atoms with Crippen LogP contribution in [-0.4, -0.2) is 0 Å². The standard InChI is InChI=1S/C78H54N2/c1-5-21-55(22-6-1)77(69-33-17-13-29-63(69)64-30-14-18-34-70(64)77)57-41-45-61(46-42-57)79(59-25-9-3-10-26-59)73-51-39-53-38-50-68-74(52-40-54-37-49-67(73)75(53)76(54)68)80(60-27-11-4-12-28-60)62-47-43-58(44-48-62)78(56-23-7-2-8-24-56)71-35-19-15-31-65(71)66-32-16-20-36-72(66)78/h1-39,41-52,73H,40H2. The van der Waals surface area contributed by atoms with Crippen LogP contribution in [-0.2, 0) is 17.3 Å². The van der Waals surface area contributed by atoms with Crippen LogP contribution in [0.3, 0.4) is 0 Å². The summed E-state index contributed by atoms with van der Waals surface area (Å²) in [4.78, 5) is 5.03. The summed E-state index contributed by atoms with van der Waals surface area (Å²) in [6, 6.07) is 109. The van der Waals surface area contributed by atoms with E-state index in [0.29, 0.717) is 0 Å². The van der Waals surface area contributed by atoms with Crippen molar-refractivity contribution in [1.29, 1.82) is 0 Å². The molecule has 4 aliphatic carbocycles. The minimum atomic E-state index is -0.474. The fraction of sp³-hybridized carbons (Fsp3) is 0.0513. The van der Waals surface area contributed by atoms with Crippen molar-refractivity contribution in [2.75, 3.05) is 9.80 Å². The average molecular weight is 1020 g/mol. The van der Waals surface area contributed by atoms with Crippen molar-refractivity contribution in [3.8, 4) is 22.3 Å². The van der Waals surface area contributed by atoms with Crippen LogP contribution in [0.2, 0.25) is 0 Å². The highest BCUT2D eigenvalue weighted by Crippen LogP contribution is 2.58. The summed E-state index contributed by atoms with van der Waals surface area (Å²) >= 11 is 0. The quantitative estimate of drug-likeness (QED) is 0.135. The minimum Gasteiger partial charge on any atom is -0.330 e. The molecule has 80 heavy (non-hydrogen) atoms. The topological polar surface area (TPSA) is 6.48 Å². The smallest absolute Gasteiger partial charge is 0.0785 e. The highest BCUT2D eigenvalue weighted by atomic mass is 15.2. The van der Waals surface area contributed by atoms with Gasteiger partial charge in [-0.3, -0.25) is 0 Å². The van der Waals surface area contributed by atoms with E-state index in [0.717, 1.165) is 29.2 Å². The zero-order valence-electron chi connectivity index (χ0n) is 44.1. The Bertz CT molecular complexity index is 4330. The predicted octanol–water partition coefficient (Wildman–Crippen LogP) is 19.2. The fourth-order valence-electron chi connectivity index (χ4n) is 14.7. The average Bonchev–Trinajstić information content (AvgIpc) is 4.19. The largest absolute Gasteiger partial charge is 0.330 e. The third-order valence-electron chi connectivity index (χ3n) is 17.9. The summed E-state index contributed by atoms with van der Waals surface area (Å²) in [7, 11) is 0. The van der Waals surface area contributed by atoms with E-state index < -0.39 is 10.8 Å². The Morgan fingerprint density at radius 3 is 1.21 bits per heavy atom. The van der Waals surface area contributed by atoms with Crippen molar-refractivity contribution in [3.63, 3.8) is 0 Å². The Labute approximate surface area is 468 Å². The molecule has 0 heterocycles. The van der Waals surface area contributed by atoms with Gasteiger partial charge in [-0.25, -0.2) is 0 Å². The molecular weight excluding hydrogens is 965 g/mol. The van der Waals surface area contributed by atoms with Crippen LogP contribution in [0.4, 0.5) is 22.7 Å². The van der Waals surface area contributed by atoms with Gasteiger partial charge in [0.15, 0.2) is 0 Å². The van der Waals surface area contributed by atoms with E-state index in [1.165, 1.54) is 105 Å². The second-order valence-electron chi connectivity index (χ2n) is 21.7. The van der Waals surface area contributed by atoms with Crippen molar-refractivity contribution < 1.29 is 0 Å². The molecule has 376 valence electrons. The molecule has 2 heteroatoms. The molecule has 1 atom stereocenters. The molecule has 0 fully saturated rings. The van der Waals surface area contributed by atoms with Crippen molar-refractivity contribution in [3.05, 3.63) is 370 Å². The van der Waals surface area contributed by atoms with Gasteiger partial charge >= 0.3 is 0 Å². The molecule has 0 saturated carbocycles. The maximum atomic E-state index is 2.54. The molecule has 4 aliphatic rings. The summed E-state index contributed by atoms with van der Waals surface area (Å²) in [5, 5.41) is 2.66. The Hall–Kier alpha value is -10.0. The van der Waals surface area contributed by atoms with Crippen molar-refractivity contribution >= 4 is 45.3 Å². The highest BCUT2D eigenvalue weighted by Gasteiger charge is 2.47. The van der Waals surface area contributed by atoms with Gasteiger partial charge in [-0.05, 0) is 149 Å². The minimum absolute atomic E-state index is 0.0778. The molecule has 16 rings (SSSR count). The Kier molecular flexibility index (Phi) is 10.5. The summed E-state index contributed by atoms with van der Waals surface area (Å²) in [5.74, 6) is 0. The monoisotopic (exact) mass is 1020 g/mol. The van der Waals surface area contributed by atoms with Crippen molar-refractivity contribution in [2.45, 2.75) is 23.3 Å². The normalized spacial score (nSPS) is 15.3. The van der Waals surface area contributed by atoms with Crippen LogP contribution < -0.4 is 9.80 Å². The zero-order chi connectivity index (χ0) is 52.8. The van der Waals surface area contributed by atoms with E-state index in [9.17, 15) is 0 Å². The van der Waals surface area contributed by atoms with Gasteiger partial charge in [0, 0.05) is 28.3 Å². The van der Waals surface area contributed by atoms with E-state index >= 15 is 0 Å². The fourth-order valence-corrected chi connectivity index (χ4v) is 14.7. The lowest BCUT2D eigenvalue weighted by Gasteiger charge is -2.38. The summed E-state index contributed by atoms with van der Waals surface area (Å²) in [5.41, 5.74) is 25.4. The van der Waals surface area contributed by atoms with E-state index in [1.807, 2.05) is 0 Å². The van der Waals surface area contributed by atoms with Gasteiger partial charge < -0.3 is 9.80 Å². The first-order chi connectivity index (χ1) is 39.7. The molecule has 12 aromatic carbocycles. The first kappa shape index (κ1) is 46.1. The van der Waals surface area contributed by atoms with E-state index in [-0.39, 0.29) is 6.04 Å². The van der Waals surface area contributed by atoms with E-state index in [2.05, 4.69) is 319 Å². The van der Waals surface area contributed by atoms with Crippen LogP contribution in [0.5, 0.6) is 0 Å². The molecule has 0 saturated heterocycles. The van der Waals surface area contributed by atoms with Crippen LogP contribution in [0.15, 0.2) is 303 Å². The van der Waals surface area contributed by atoms with Gasteiger partial charge in [0.1, 0.15) is 0 Å². The predicted molar refractivity (Wildman–Crippen MR) is 332 cm³/mol. The number of hydrogen-bond acceptors (Lipinski definition) is 2. The van der Waals surface area contributed by atoms with Gasteiger partial charge in [-0.15, -0.1) is 0 Å². The Morgan fingerprint density at radius 2 is 0.713 bits per heavy atom. The van der Waals surface area contributed by atoms with Gasteiger partial charge in [-0.1, -0.05) is 261 Å². The SMILES string of the molecule is C1=CC(N(c2ccccc2)c2ccc(C3(c4ccccc4)c4ccccc4-c4ccccc43)cc2)c2ccc3c4c(ccc1c24)C(N(c1ccccc1)c1ccc(C2(c4ccccc4)c4ccccc4-c4ccccc42)cc1)=CC3. The second kappa shape index (κ2) is 18.3. The van der Waals surface area contributed by atoms with Crippen LogP contribution >= 0.6 is 0 Å². The molecule has 0 bridgehead atoms. The molecular formula is C78H54N2. The van der Waals surface area contributed by atoms with Gasteiger partial charge in [0.25, 0.3) is 0 Å². The number of nitrogens with zero attached hydrogens (tertiary/aromatic N) is 2.